The smallest absolute Gasteiger partial charge is 0.466 e. The molecule has 0 aliphatic carbocycles. The molecular formula is C13H11ClF3NO3. The van der Waals surface area contributed by atoms with E-state index >= 15 is 0 Å². The molecule has 0 saturated heterocycles. The summed E-state index contributed by atoms with van der Waals surface area (Å²) in [5.41, 5.74) is 0.285. The summed E-state index contributed by atoms with van der Waals surface area (Å²) in [6, 6.07) is 3.75. The third kappa shape index (κ3) is 5.16. The van der Waals surface area contributed by atoms with Gasteiger partial charge in [0.25, 0.3) is 0 Å². The molecule has 0 heterocycles. The number of nitrogens with zero attached hydrogens (tertiary/aromatic N) is 1. The fraction of sp³-hybridized carbons (Fsp3) is 0.385. The zero-order chi connectivity index (χ0) is 16.0. The molecule has 0 aromatic heterocycles. The minimum atomic E-state index is -4.94. The first-order chi connectivity index (χ1) is 9.80. The highest BCUT2D eigenvalue weighted by Gasteiger charge is 2.32. The van der Waals surface area contributed by atoms with Crippen LogP contribution in [-0.2, 0) is 21.8 Å². The average molecular weight is 322 g/mol. The first-order valence-corrected chi connectivity index (χ1v) is 6.37. The van der Waals surface area contributed by atoms with Crippen LogP contribution in [-0.4, -0.2) is 18.9 Å². The average Bonchev–Trinajstić information content (AvgIpc) is 2.37. The zero-order valence-electron chi connectivity index (χ0n) is 11.0. The Kier molecular flexibility index (Phi) is 5.85. The van der Waals surface area contributed by atoms with E-state index in [1.54, 1.807) is 13.0 Å². The summed E-state index contributed by atoms with van der Waals surface area (Å²) >= 11 is 5.68. The third-order valence-electron chi connectivity index (χ3n) is 2.43. The van der Waals surface area contributed by atoms with E-state index in [0.717, 1.165) is 6.07 Å². The maximum atomic E-state index is 12.3. The van der Waals surface area contributed by atoms with Gasteiger partial charge in [0, 0.05) is 5.88 Å². The third-order valence-corrected chi connectivity index (χ3v) is 2.72. The maximum Gasteiger partial charge on any atom is 0.573 e. The van der Waals surface area contributed by atoms with E-state index in [0.29, 0.717) is 5.56 Å². The molecule has 114 valence electrons. The molecule has 0 radical (unpaired) electrons. The Morgan fingerprint density at radius 1 is 1.38 bits per heavy atom. The molecule has 0 aliphatic heterocycles. The lowest BCUT2D eigenvalue weighted by atomic mass is 10.0. The molecule has 1 rings (SSSR count). The molecule has 0 amide bonds. The van der Waals surface area contributed by atoms with Crippen LogP contribution in [0.3, 0.4) is 0 Å². The minimum Gasteiger partial charge on any atom is -0.466 e. The van der Waals surface area contributed by atoms with Gasteiger partial charge in [-0.15, -0.1) is 24.8 Å². The van der Waals surface area contributed by atoms with Gasteiger partial charge in [-0.2, -0.15) is 5.26 Å². The zero-order valence-corrected chi connectivity index (χ0v) is 11.7. The predicted octanol–water partition coefficient (Wildman–Crippen LogP) is 3.30. The van der Waals surface area contributed by atoms with Crippen LogP contribution in [0.25, 0.3) is 0 Å². The molecule has 0 atom stereocenters. The number of carbonyl (C=O) groups excluding carboxylic acids is 1. The lowest BCUT2D eigenvalue weighted by molar-refractivity contribution is -0.274. The Bertz CT molecular complexity index is 567. The van der Waals surface area contributed by atoms with Crippen molar-refractivity contribution >= 4 is 17.6 Å². The van der Waals surface area contributed by atoms with Crippen LogP contribution < -0.4 is 4.74 Å². The Morgan fingerprint density at radius 3 is 2.52 bits per heavy atom. The van der Waals surface area contributed by atoms with Crippen molar-refractivity contribution in [3.63, 3.8) is 0 Å². The van der Waals surface area contributed by atoms with Crippen LogP contribution in [0.1, 0.15) is 23.6 Å². The summed E-state index contributed by atoms with van der Waals surface area (Å²) in [4.78, 5) is 11.4. The molecule has 0 saturated carbocycles. The summed E-state index contributed by atoms with van der Waals surface area (Å²) in [7, 11) is 0. The van der Waals surface area contributed by atoms with Gasteiger partial charge in [0.2, 0.25) is 0 Å². The van der Waals surface area contributed by atoms with E-state index in [1.807, 2.05) is 0 Å². The van der Waals surface area contributed by atoms with Gasteiger partial charge in [0.1, 0.15) is 11.8 Å². The number of carbonyl (C=O) groups is 1. The molecule has 21 heavy (non-hydrogen) atoms. The van der Waals surface area contributed by atoms with Gasteiger partial charge in [-0.05, 0) is 30.2 Å². The van der Waals surface area contributed by atoms with Gasteiger partial charge in [0.05, 0.1) is 18.6 Å². The summed E-state index contributed by atoms with van der Waals surface area (Å²) in [6.45, 7) is 1.76. The highest BCUT2D eigenvalue weighted by Crippen LogP contribution is 2.30. The summed E-state index contributed by atoms with van der Waals surface area (Å²) < 4.78 is 45.4. The van der Waals surface area contributed by atoms with Gasteiger partial charge in [-0.3, -0.25) is 4.79 Å². The SMILES string of the molecule is CCOC(=O)Cc1cc(OC(F)(F)F)c(C#N)cc1CCl. The van der Waals surface area contributed by atoms with Crippen LogP contribution in [0.5, 0.6) is 5.75 Å². The first kappa shape index (κ1) is 17.1. The number of hydrogen-bond acceptors (Lipinski definition) is 4. The monoisotopic (exact) mass is 321 g/mol. The predicted molar refractivity (Wildman–Crippen MR) is 67.7 cm³/mol. The largest absolute Gasteiger partial charge is 0.573 e. The molecule has 8 heteroatoms. The number of hydrogen-bond donors (Lipinski definition) is 0. The number of benzene rings is 1. The second kappa shape index (κ2) is 7.18. The van der Waals surface area contributed by atoms with Crippen LogP contribution in [0.4, 0.5) is 13.2 Å². The molecule has 0 spiro atoms. The van der Waals surface area contributed by atoms with Gasteiger partial charge in [-0.25, -0.2) is 0 Å². The maximum absolute atomic E-state index is 12.3. The molecule has 1 aromatic rings. The molecule has 0 N–H and O–H groups in total. The van der Waals surface area contributed by atoms with Crippen molar-refractivity contribution in [2.45, 2.75) is 25.6 Å². The van der Waals surface area contributed by atoms with E-state index in [1.165, 1.54) is 6.07 Å². The fourth-order valence-electron chi connectivity index (χ4n) is 1.62. The molecule has 0 aliphatic rings. The van der Waals surface area contributed by atoms with E-state index in [4.69, 9.17) is 21.6 Å². The second-order valence-corrected chi connectivity index (χ2v) is 4.16. The van der Waals surface area contributed by atoms with Crippen LogP contribution in [0.2, 0.25) is 0 Å². The topological polar surface area (TPSA) is 59.3 Å². The highest BCUT2D eigenvalue weighted by atomic mass is 35.5. The number of rotatable bonds is 5. The lowest BCUT2D eigenvalue weighted by Crippen LogP contribution is -2.18. The molecule has 0 bridgehead atoms. The Labute approximate surface area is 124 Å². The Morgan fingerprint density at radius 2 is 2.05 bits per heavy atom. The van der Waals surface area contributed by atoms with Gasteiger partial charge in [0.15, 0.2) is 0 Å². The first-order valence-electron chi connectivity index (χ1n) is 5.84. The standard InChI is InChI=1S/C13H11ClF3NO3/c1-2-20-12(19)5-8-4-11(21-13(15,16)17)10(7-18)3-9(8)6-14/h3-4H,2,5-6H2,1H3. The summed E-state index contributed by atoms with van der Waals surface area (Å²) in [5, 5.41) is 8.86. The van der Waals surface area contributed by atoms with Crippen LogP contribution in [0, 0.1) is 11.3 Å². The van der Waals surface area contributed by atoms with Crippen molar-refractivity contribution in [2.24, 2.45) is 0 Å². The van der Waals surface area contributed by atoms with E-state index in [-0.39, 0.29) is 30.0 Å². The van der Waals surface area contributed by atoms with E-state index in [9.17, 15) is 18.0 Å². The highest BCUT2D eigenvalue weighted by molar-refractivity contribution is 6.17. The summed E-state index contributed by atoms with van der Waals surface area (Å²) in [6.07, 6.45) is -5.19. The number of nitriles is 1. The number of ether oxygens (including phenoxy) is 2. The molecule has 0 fully saturated rings. The Balaban J connectivity index is 3.20. The van der Waals surface area contributed by atoms with Gasteiger partial charge in [-0.1, -0.05) is 0 Å². The second-order valence-electron chi connectivity index (χ2n) is 3.89. The number of alkyl halides is 4. The normalized spacial score (nSPS) is 10.9. The van der Waals surface area contributed by atoms with Gasteiger partial charge >= 0.3 is 12.3 Å². The molecular weight excluding hydrogens is 311 g/mol. The van der Waals surface area contributed by atoms with E-state index < -0.39 is 18.1 Å². The molecule has 4 nitrogen and oxygen atoms in total. The van der Waals surface area contributed by atoms with Crippen molar-refractivity contribution in [1.29, 1.82) is 5.26 Å². The van der Waals surface area contributed by atoms with Crippen molar-refractivity contribution in [3.05, 3.63) is 28.8 Å². The van der Waals surface area contributed by atoms with Crippen molar-refractivity contribution in [3.8, 4) is 11.8 Å². The van der Waals surface area contributed by atoms with E-state index in [2.05, 4.69) is 4.74 Å². The van der Waals surface area contributed by atoms with Crippen molar-refractivity contribution in [2.75, 3.05) is 6.61 Å². The lowest BCUT2D eigenvalue weighted by Gasteiger charge is -2.14. The van der Waals surface area contributed by atoms with Gasteiger partial charge < -0.3 is 9.47 Å². The Hall–Kier alpha value is -1.94. The molecule has 0 unspecified atom stereocenters. The number of esters is 1. The number of halogens is 4. The van der Waals surface area contributed by atoms with Crippen molar-refractivity contribution < 1.29 is 27.4 Å². The van der Waals surface area contributed by atoms with Crippen molar-refractivity contribution in [1.82, 2.24) is 0 Å². The summed E-state index contributed by atoms with van der Waals surface area (Å²) in [5.74, 6) is -1.33. The minimum absolute atomic E-state index is 0.0598. The molecule has 1 aromatic carbocycles. The van der Waals surface area contributed by atoms with Crippen LogP contribution in [0.15, 0.2) is 12.1 Å². The quantitative estimate of drug-likeness (QED) is 0.616. The van der Waals surface area contributed by atoms with Crippen LogP contribution >= 0.6 is 11.6 Å². The fourth-order valence-corrected chi connectivity index (χ4v) is 1.87.